The topological polar surface area (TPSA) is 36.1 Å². The van der Waals surface area contributed by atoms with Crippen molar-refractivity contribution in [2.45, 2.75) is 12.8 Å². The van der Waals surface area contributed by atoms with Crippen molar-refractivity contribution in [3.8, 4) is 0 Å². The zero-order valence-electron chi connectivity index (χ0n) is 9.07. The van der Waals surface area contributed by atoms with E-state index < -0.39 is 0 Å². The average molecular weight is 214 g/mol. The fraction of sp³-hybridized carbons (Fsp3) is 0.308. The van der Waals surface area contributed by atoms with E-state index in [2.05, 4.69) is 4.98 Å². The summed E-state index contributed by atoms with van der Waals surface area (Å²) in [5.74, 6) is 0.162. The van der Waals surface area contributed by atoms with Gasteiger partial charge < -0.3 is 9.88 Å². The molecule has 0 bridgehead atoms. The Morgan fingerprint density at radius 3 is 2.75 bits per heavy atom. The number of aromatic nitrogens is 1. The first kappa shape index (κ1) is 9.46. The number of H-pyrrole nitrogens is 1. The van der Waals surface area contributed by atoms with Gasteiger partial charge in [0.15, 0.2) is 0 Å². The number of hydrogen-bond donors (Lipinski definition) is 1. The van der Waals surface area contributed by atoms with Gasteiger partial charge in [0.05, 0.1) is 5.56 Å². The first-order valence-corrected chi connectivity index (χ1v) is 5.71. The number of rotatable bonds is 1. The van der Waals surface area contributed by atoms with Crippen LogP contribution in [0.3, 0.4) is 0 Å². The molecular formula is C13H14N2O. The van der Waals surface area contributed by atoms with E-state index >= 15 is 0 Å². The number of amides is 1. The average Bonchev–Trinajstić information content (AvgIpc) is 2.98. The minimum absolute atomic E-state index is 0.162. The predicted molar refractivity (Wildman–Crippen MR) is 63.4 cm³/mol. The number of carbonyl (C=O) groups excluding carboxylic acids is 1. The minimum Gasteiger partial charge on any atom is -0.360 e. The first-order valence-electron chi connectivity index (χ1n) is 5.71. The van der Waals surface area contributed by atoms with Gasteiger partial charge in [0.2, 0.25) is 0 Å². The van der Waals surface area contributed by atoms with Crippen LogP contribution < -0.4 is 0 Å². The molecule has 1 aromatic carbocycles. The summed E-state index contributed by atoms with van der Waals surface area (Å²) in [6.45, 7) is 1.80. The number of para-hydroxylation sites is 1. The van der Waals surface area contributed by atoms with Crippen molar-refractivity contribution >= 4 is 16.8 Å². The number of nitrogens with one attached hydrogen (secondary N) is 1. The van der Waals surface area contributed by atoms with Gasteiger partial charge in [-0.3, -0.25) is 4.79 Å². The lowest BCUT2D eigenvalue weighted by molar-refractivity contribution is 0.0795. The number of likely N-dealkylation sites (tertiary alicyclic amines) is 1. The molecule has 1 N–H and O–H groups in total. The summed E-state index contributed by atoms with van der Waals surface area (Å²) >= 11 is 0. The highest BCUT2D eigenvalue weighted by Crippen LogP contribution is 2.21. The molecule has 1 aliphatic heterocycles. The molecule has 1 amide bonds. The van der Waals surface area contributed by atoms with E-state index in [-0.39, 0.29) is 5.91 Å². The third-order valence-corrected chi connectivity index (χ3v) is 3.21. The van der Waals surface area contributed by atoms with Gasteiger partial charge in [-0.15, -0.1) is 0 Å². The van der Waals surface area contributed by atoms with Crippen molar-refractivity contribution in [1.29, 1.82) is 0 Å². The normalized spacial score (nSPS) is 15.9. The van der Waals surface area contributed by atoms with Crippen LogP contribution in [0.5, 0.6) is 0 Å². The van der Waals surface area contributed by atoms with Gasteiger partial charge in [0.25, 0.3) is 5.91 Å². The van der Waals surface area contributed by atoms with Crippen molar-refractivity contribution < 1.29 is 4.79 Å². The standard InChI is InChI=1S/C13H14N2O/c16-13(15-7-3-4-8-15)11-9-14-12-6-2-1-5-10(11)12/h1-2,5-6,9,14H,3-4,7-8H2. The highest BCUT2D eigenvalue weighted by molar-refractivity contribution is 6.06. The van der Waals surface area contributed by atoms with Crippen LogP contribution in [0.1, 0.15) is 23.2 Å². The number of aromatic amines is 1. The number of fused-ring (bicyclic) bond motifs is 1. The van der Waals surface area contributed by atoms with E-state index in [9.17, 15) is 4.79 Å². The van der Waals surface area contributed by atoms with E-state index in [4.69, 9.17) is 0 Å². The third-order valence-electron chi connectivity index (χ3n) is 3.21. The summed E-state index contributed by atoms with van der Waals surface area (Å²) in [6.07, 6.45) is 4.09. The lowest BCUT2D eigenvalue weighted by Gasteiger charge is -2.14. The molecule has 16 heavy (non-hydrogen) atoms. The van der Waals surface area contributed by atoms with Crippen LogP contribution in [0.25, 0.3) is 10.9 Å². The summed E-state index contributed by atoms with van der Waals surface area (Å²) in [7, 11) is 0. The highest BCUT2D eigenvalue weighted by Gasteiger charge is 2.21. The first-order chi connectivity index (χ1) is 7.86. The molecule has 1 aliphatic rings. The maximum atomic E-state index is 12.2. The Morgan fingerprint density at radius 1 is 1.19 bits per heavy atom. The second kappa shape index (κ2) is 3.67. The Labute approximate surface area is 94.1 Å². The SMILES string of the molecule is O=C(c1c[nH]c2ccccc12)N1CCCC1. The molecule has 1 saturated heterocycles. The molecule has 3 heteroatoms. The number of carbonyl (C=O) groups is 1. The highest BCUT2D eigenvalue weighted by atomic mass is 16.2. The predicted octanol–water partition coefficient (Wildman–Crippen LogP) is 2.40. The summed E-state index contributed by atoms with van der Waals surface area (Å²) in [4.78, 5) is 17.3. The molecule has 3 nitrogen and oxygen atoms in total. The molecule has 2 aromatic rings. The van der Waals surface area contributed by atoms with Crippen molar-refractivity contribution in [3.63, 3.8) is 0 Å². The van der Waals surface area contributed by atoms with Crippen LogP contribution in [0, 0.1) is 0 Å². The van der Waals surface area contributed by atoms with Crippen molar-refractivity contribution in [2.75, 3.05) is 13.1 Å². The molecular weight excluding hydrogens is 200 g/mol. The Morgan fingerprint density at radius 2 is 1.94 bits per heavy atom. The van der Waals surface area contributed by atoms with Gasteiger partial charge in [-0.2, -0.15) is 0 Å². The summed E-state index contributed by atoms with van der Waals surface area (Å²) in [6, 6.07) is 7.94. The smallest absolute Gasteiger partial charge is 0.256 e. The molecule has 0 aliphatic carbocycles. The molecule has 1 aromatic heterocycles. The summed E-state index contributed by atoms with van der Waals surface area (Å²) in [5.41, 5.74) is 1.84. The largest absolute Gasteiger partial charge is 0.360 e. The van der Waals surface area contributed by atoms with E-state index in [0.29, 0.717) is 0 Å². The molecule has 0 spiro atoms. The fourth-order valence-electron chi connectivity index (χ4n) is 2.34. The zero-order valence-corrected chi connectivity index (χ0v) is 9.07. The maximum Gasteiger partial charge on any atom is 0.256 e. The number of hydrogen-bond acceptors (Lipinski definition) is 1. The lowest BCUT2D eigenvalue weighted by Crippen LogP contribution is -2.27. The van der Waals surface area contributed by atoms with E-state index in [1.807, 2.05) is 35.4 Å². The van der Waals surface area contributed by atoms with Crippen molar-refractivity contribution in [3.05, 3.63) is 36.0 Å². The van der Waals surface area contributed by atoms with Gasteiger partial charge in [-0.05, 0) is 18.9 Å². The van der Waals surface area contributed by atoms with Gasteiger partial charge in [-0.1, -0.05) is 18.2 Å². The molecule has 0 unspecified atom stereocenters. The maximum absolute atomic E-state index is 12.2. The van der Waals surface area contributed by atoms with Gasteiger partial charge in [0, 0.05) is 30.2 Å². The van der Waals surface area contributed by atoms with Crippen molar-refractivity contribution in [2.24, 2.45) is 0 Å². The van der Waals surface area contributed by atoms with Crippen LogP contribution >= 0.6 is 0 Å². The number of benzene rings is 1. The molecule has 3 rings (SSSR count). The quantitative estimate of drug-likeness (QED) is 0.777. The Hall–Kier alpha value is -1.77. The van der Waals surface area contributed by atoms with Crippen LogP contribution in [0.15, 0.2) is 30.5 Å². The molecule has 0 radical (unpaired) electrons. The molecule has 1 fully saturated rings. The molecule has 0 saturated carbocycles. The van der Waals surface area contributed by atoms with Crippen LogP contribution in [0.2, 0.25) is 0 Å². The van der Waals surface area contributed by atoms with Crippen molar-refractivity contribution in [1.82, 2.24) is 9.88 Å². The Kier molecular flexibility index (Phi) is 2.17. The second-order valence-corrected chi connectivity index (χ2v) is 4.25. The summed E-state index contributed by atoms with van der Waals surface area (Å²) < 4.78 is 0. The van der Waals surface area contributed by atoms with Gasteiger partial charge in [-0.25, -0.2) is 0 Å². The number of nitrogens with zero attached hydrogens (tertiary/aromatic N) is 1. The monoisotopic (exact) mass is 214 g/mol. The van der Waals surface area contributed by atoms with Crippen LogP contribution in [0.4, 0.5) is 0 Å². The Bertz CT molecular complexity index is 523. The van der Waals surface area contributed by atoms with Crippen LogP contribution in [-0.2, 0) is 0 Å². The van der Waals surface area contributed by atoms with E-state index in [0.717, 1.165) is 42.4 Å². The third kappa shape index (κ3) is 1.40. The van der Waals surface area contributed by atoms with E-state index in [1.165, 1.54) is 0 Å². The summed E-state index contributed by atoms with van der Waals surface area (Å²) in [5, 5.41) is 1.03. The fourth-order valence-corrected chi connectivity index (χ4v) is 2.34. The van der Waals surface area contributed by atoms with E-state index in [1.54, 1.807) is 0 Å². The Balaban J connectivity index is 2.02. The zero-order chi connectivity index (χ0) is 11.0. The molecule has 82 valence electrons. The minimum atomic E-state index is 0.162. The van der Waals surface area contributed by atoms with Gasteiger partial charge in [0.1, 0.15) is 0 Å². The lowest BCUT2D eigenvalue weighted by atomic mass is 10.1. The van der Waals surface area contributed by atoms with Gasteiger partial charge >= 0.3 is 0 Å². The second-order valence-electron chi connectivity index (χ2n) is 4.25. The molecule has 0 atom stereocenters. The molecule has 2 heterocycles. The van der Waals surface area contributed by atoms with Crippen LogP contribution in [-0.4, -0.2) is 28.9 Å².